The number of rotatable bonds is 10. The van der Waals surface area contributed by atoms with Crippen LogP contribution in [0.25, 0.3) is 0 Å². The second kappa shape index (κ2) is 10.1. The second-order valence-electron chi connectivity index (χ2n) is 3.41. The summed E-state index contributed by atoms with van der Waals surface area (Å²) < 4.78 is 0. The molecule has 0 saturated carbocycles. The SMILES string of the molecule is C=C(O)CSC[C@@H]([C]=O)NCCCCC. The predicted octanol–water partition coefficient (Wildman–Crippen LogP) is 2.05. The molecule has 0 saturated heterocycles. The van der Waals surface area contributed by atoms with Crippen LogP contribution in [0.3, 0.4) is 0 Å². The molecule has 3 nitrogen and oxygen atoms in total. The van der Waals surface area contributed by atoms with E-state index >= 15 is 0 Å². The molecule has 0 aliphatic carbocycles. The highest BCUT2D eigenvalue weighted by Gasteiger charge is 2.07. The van der Waals surface area contributed by atoms with E-state index in [1.165, 1.54) is 24.6 Å². The summed E-state index contributed by atoms with van der Waals surface area (Å²) in [4.78, 5) is 10.6. The molecular weight excluding hydrogens is 210 g/mol. The van der Waals surface area contributed by atoms with E-state index in [9.17, 15) is 4.79 Å². The largest absolute Gasteiger partial charge is 0.512 e. The lowest BCUT2D eigenvalue weighted by molar-refractivity contribution is 0.420. The molecule has 0 amide bonds. The first-order valence-electron chi connectivity index (χ1n) is 5.26. The molecule has 0 fully saturated rings. The number of carbonyl (C=O) groups excluding carboxylic acids is 1. The Balaban J connectivity index is 3.46. The third kappa shape index (κ3) is 9.82. The van der Waals surface area contributed by atoms with Crippen LogP contribution in [0.15, 0.2) is 12.3 Å². The van der Waals surface area contributed by atoms with Crippen LogP contribution in [-0.2, 0) is 4.79 Å². The monoisotopic (exact) mass is 230 g/mol. The number of aliphatic hydroxyl groups is 1. The minimum atomic E-state index is -0.230. The Morgan fingerprint density at radius 2 is 2.33 bits per heavy atom. The Bertz CT molecular complexity index is 185. The lowest BCUT2D eigenvalue weighted by atomic mass is 10.2. The summed E-state index contributed by atoms with van der Waals surface area (Å²) in [5.74, 6) is 1.26. The highest BCUT2D eigenvalue weighted by Crippen LogP contribution is 2.05. The molecule has 0 heterocycles. The average Bonchev–Trinajstić information content (AvgIpc) is 2.21. The number of hydrogen-bond donors (Lipinski definition) is 2. The fourth-order valence-corrected chi connectivity index (χ4v) is 1.86. The Kier molecular flexibility index (Phi) is 9.73. The van der Waals surface area contributed by atoms with Gasteiger partial charge in [0.1, 0.15) is 0 Å². The van der Waals surface area contributed by atoms with E-state index in [0.29, 0.717) is 11.5 Å². The Hall–Kier alpha value is -0.480. The first-order valence-corrected chi connectivity index (χ1v) is 6.41. The molecule has 0 aromatic rings. The van der Waals surface area contributed by atoms with Crippen molar-refractivity contribution < 1.29 is 9.90 Å². The summed E-state index contributed by atoms with van der Waals surface area (Å²) in [5.41, 5.74) is 0. The number of aliphatic hydroxyl groups excluding tert-OH is 1. The van der Waals surface area contributed by atoms with Crippen LogP contribution in [0.2, 0.25) is 0 Å². The van der Waals surface area contributed by atoms with Gasteiger partial charge in [0.05, 0.1) is 17.6 Å². The second-order valence-corrected chi connectivity index (χ2v) is 4.44. The third-order valence-corrected chi connectivity index (χ3v) is 2.97. The predicted molar refractivity (Wildman–Crippen MR) is 66.1 cm³/mol. The first kappa shape index (κ1) is 14.5. The van der Waals surface area contributed by atoms with Gasteiger partial charge in [0.25, 0.3) is 0 Å². The molecule has 0 aliphatic rings. The molecule has 0 unspecified atom stereocenters. The molecule has 1 atom stereocenters. The van der Waals surface area contributed by atoms with E-state index in [1.807, 2.05) is 6.29 Å². The van der Waals surface area contributed by atoms with Gasteiger partial charge in [-0.05, 0) is 13.0 Å². The third-order valence-electron chi connectivity index (χ3n) is 1.87. The van der Waals surface area contributed by atoms with Crippen LogP contribution >= 0.6 is 11.8 Å². The van der Waals surface area contributed by atoms with Crippen molar-refractivity contribution in [2.24, 2.45) is 0 Å². The highest BCUT2D eigenvalue weighted by molar-refractivity contribution is 7.99. The highest BCUT2D eigenvalue weighted by atomic mass is 32.2. The van der Waals surface area contributed by atoms with Gasteiger partial charge in [0.2, 0.25) is 6.29 Å². The first-order chi connectivity index (χ1) is 7.20. The Morgan fingerprint density at radius 1 is 1.60 bits per heavy atom. The van der Waals surface area contributed by atoms with Crippen molar-refractivity contribution in [3.05, 3.63) is 12.3 Å². The average molecular weight is 230 g/mol. The van der Waals surface area contributed by atoms with Crippen LogP contribution in [-0.4, -0.2) is 35.5 Å². The maximum atomic E-state index is 10.6. The fraction of sp³-hybridized carbons (Fsp3) is 0.727. The van der Waals surface area contributed by atoms with Gasteiger partial charge in [0.15, 0.2) is 0 Å². The smallest absolute Gasteiger partial charge is 0.217 e. The van der Waals surface area contributed by atoms with E-state index in [0.717, 1.165) is 13.0 Å². The van der Waals surface area contributed by atoms with Crippen LogP contribution < -0.4 is 5.32 Å². The summed E-state index contributed by atoms with van der Waals surface area (Å²) in [6.45, 7) is 6.38. The van der Waals surface area contributed by atoms with Crippen molar-refractivity contribution >= 4 is 18.0 Å². The van der Waals surface area contributed by atoms with Gasteiger partial charge in [-0.15, -0.1) is 0 Å². The fourth-order valence-electron chi connectivity index (χ4n) is 1.08. The molecule has 0 aromatic carbocycles. The summed E-state index contributed by atoms with van der Waals surface area (Å²) in [6.07, 6.45) is 5.41. The van der Waals surface area contributed by atoms with Crippen LogP contribution in [0.1, 0.15) is 26.2 Å². The van der Waals surface area contributed by atoms with Crippen LogP contribution in [0.4, 0.5) is 0 Å². The molecule has 0 aliphatic heterocycles. The lowest BCUT2D eigenvalue weighted by Crippen LogP contribution is -2.33. The van der Waals surface area contributed by atoms with Crippen molar-refractivity contribution in [2.45, 2.75) is 32.2 Å². The number of unbranched alkanes of at least 4 members (excludes halogenated alkanes) is 2. The Labute approximate surface area is 96.3 Å². The van der Waals surface area contributed by atoms with Gasteiger partial charge < -0.3 is 10.4 Å². The normalized spacial score (nSPS) is 12.3. The van der Waals surface area contributed by atoms with Gasteiger partial charge >= 0.3 is 0 Å². The van der Waals surface area contributed by atoms with Gasteiger partial charge in [0, 0.05) is 5.75 Å². The molecular formula is C11H20NO2S. The van der Waals surface area contributed by atoms with Crippen LogP contribution in [0, 0.1) is 0 Å². The van der Waals surface area contributed by atoms with Crippen LogP contribution in [0.5, 0.6) is 0 Å². The molecule has 15 heavy (non-hydrogen) atoms. The summed E-state index contributed by atoms with van der Waals surface area (Å²) in [5, 5.41) is 12.0. The van der Waals surface area contributed by atoms with Gasteiger partial charge in [-0.2, -0.15) is 11.8 Å². The molecule has 0 aromatic heterocycles. The number of thioether (sulfide) groups is 1. The summed E-state index contributed by atoms with van der Waals surface area (Å²) >= 11 is 1.48. The maximum absolute atomic E-state index is 10.6. The molecule has 1 radical (unpaired) electrons. The van der Waals surface area contributed by atoms with E-state index in [1.54, 1.807) is 0 Å². The summed E-state index contributed by atoms with van der Waals surface area (Å²) in [6, 6.07) is -0.230. The number of hydrogen-bond acceptors (Lipinski definition) is 4. The van der Waals surface area contributed by atoms with E-state index in [2.05, 4.69) is 18.8 Å². The molecule has 0 spiro atoms. The van der Waals surface area contributed by atoms with Crippen molar-refractivity contribution in [1.29, 1.82) is 0 Å². The van der Waals surface area contributed by atoms with E-state index in [-0.39, 0.29) is 11.8 Å². The zero-order chi connectivity index (χ0) is 11.5. The summed E-state index contributed by atoms with van der Waals surface area (Å²) in [7, 11) is 0. The molecule has 0 bridgehead atoms. The van der Waals surface area contributed by atoms with Crippen molar-refractivity contribution in [2.75, 3.05) is 18.1 Å². The zero-order valence-electron chi connectivity index (χ0n) is 9.29. The van der Waals surface area contributed by atoms with Crippen molar-refractivity contribution in [3.63, 3.8) is 0 Å². The number of nitrogens with one attached hydrogen (secondary N) is 1. The quantitative estimate of drug-likeness (QED) is 0.445. The molecule has 0 rings (SSSR count). The topological polar surface area (TPSA) is 49.3 Å². The molecule has 2 N–H and O–H groups in total. The minimum Gasteiger partial charge on any atom is -0.512 e. The maximum Gasteiger partial charge on any atom is 0.217 e. The minimum absolute atomic E-state index is 0.149. The van der Waals surface area contributed by atoms with Gasteiger partial charge in [-0.25, -0.2) is 0 Å². The van der Waals surface area contributed by atoms with E-state index < -0.39 is 0 Å². The molecule has 87 valence electrons. The zero-order valence-corrected chi connectivity index (χ0v) is 10.1. The molecule has 4 heteroatoms. The van der Waals surface area contributed by atoms with E-state index in [4.69, 9.17) is 5.11 Å². The van der Waals surface area contributed by atoms with Gasteiger partial charge in [-0.3, -0.25) is 4.79 Å². The van der Waals surface area contributed by atoms with Crippen molar-refractivity contribution in [1.82, 2.24) is 5.32 Å². The van der Waals surface area contributed by atoms with Gasteiger partial charge in [-0.1, -0.05) is 26.3 Å². The lowest BCUT2D eigenvalue weighted by Gasteiger charge is -2.10. The Morgan fingerprint density at radius 3 is 2.87 bits per heavy atom. The standard InChI is InChI=1S/C11H20NO2S/c1-3-4-5-6-12-11(7-13)9-15-8-10(2)14/h11-12,14H,2-6,8-9H2,1H3/t11-/m1/s1. The van der Waals surface area contributed by atoms with Crippen molar-refractivity contribution in [3.8, 4) is 0 Å².